The summed E-state index contributed by atoms with van der Waals surface area (Å²) in [5, 5.41) is 0. The van der Waals surface area contributed by atoms with Gasteiger partial charge in [0.05, 0.1) is 0 Å². The van der Waals surface area contributed by atoms with Crippen LogP contribution < -0.4 is 0 Å². The number of rotatable bonds is 5. The summed E-state index contributed by atoms with van der Waals surface area (Å²) in [5.41, 5.74) is 1.62. The van der Waals surface area contributed by atoms with Crippen molar-refractivity contribution in [1.29, 1.82) is 0 Å². The molecule has 0 N–H and O–H groups in total. The van der Waals surface area contributed by atoms with E-state index in [-0.39, 0.29) is 5.78 Å². The van der Waals surface area contributed by atoms with Gasteiger partial charge < -0.3 is 0 Å². The monoisotopic (exact) mass is 191 g/mol. The Bertz CT molecular complexity index is 307. The Morgan fingerprint density at radius 3 is 2.86 bits per heavy atom. The van der Waals surface area contributed by atoms with Crippen molar-refractivity contribution in [3.63, 3.8) is 0 Å². The van der Waals surface area contributed by atoms with Crippen LogP contribution >= 0.6 is 0 Å². The molecule has 0 unspecified atom stereocenters. The van der Waals surface area contributed by atoms with E-state index in [4.69, 9.17) is 0 Å². The summed E-state index contributed by atoms with van der Waals surface area (Å²) in [5.74, 6) is 0.226. The van der Waals surface area contributed by atoms with Crippen molar-refractivity contribution < 1.29 is 4.79 Å². The maximum absolute atomic E-state index is 11.7. The van der Waals surface area contributed by atoms with E-state index in [1.165, 1.54) is 0 Å². The van der Waals surface area contributed by atoms with Crippen LogP contribution in [0.1, 0.15) is 48.7 Å². The predicted octanol–water partition coefficient (Wildman–Crippen LogP) is 3.15. The zero-order chi connectivity index (χ0) is 10.4. The summed E-state index contributed by atoms with van der Waals surface area (Å²) < 4.78 is 0. The molecule has 2 nitrogen and oxygen atoms in total. The fraction of sp³-hybridized carbons (Fsp3) is 0.500. The number of carbonyl (C=O) groups excluding carboxylic acids is 1. The van der Waals surface area contributed by atoms with Crippen molar-refractivity contribution in [2.45, 2.75) is 39.5 Å². The molecule has 0 aliphatic carbocycles. The topological polar surface area (TPSA) is 30.0 Å². The predicted molar refractivity (Wildman–Crippen MR) is 57.4 cm³/mol. The molecule has 0 saturated heterocycles. The Morgan fingerprint density at radius 2 is 2.21 bits per heavy atom. The maximum atomic E-state index is 11.7. The Labute approximate surface area is 85.4 Å². The summed E-state index contributed by atoms with van der Waals surface area (Å²) in [6, 6.07) is 3.68. The number of pyridine rings is 1. The second-order valence-electron chi connectivity index (χ2n) is 3.52. The highest BCUT2D eigenvalue weighted by Gasteiger charge is 2.07. The molecule has 1 rings (SSSR count). The lowest BCUT2D eigenvalue weighted by Gasteiger charge is -2.02. The molecule has 2 heteroatoms. The van der Waals surface area contributed by atoms with E-state index in [2.05, 4.69) is 11.9 Å². The van der Waals surface area contributed by atoms with Crippen molar-refractivity contribution in [2.75, 3.05) is 0 Å². The number of aromatic nitrogens is 1. The number of hydrogen-bond acceptors (Lipinski definition) is 2. The molecule has 0 atom stereocenters. The SMILES string of the molecule is CCCCCC(=O)c1cccnc1C. The fourth-order valence-electron chi connectivity index (χ4n) is 1.45. The molecule has 0 amide bonds. The first-order chi connectivity index (χ1) is 6.75. The molecular formula is C12H17NO. The van der Waals surface area contributed by atoms with Crippen LogP contribution in [0.2, 0.25) is 0 Å². The normalized spacial score (nSPS) is 10.1. The third kappa shape index (κ3) is 2.95. The van der Waals surface area contributed by atoms with Gasteiger partial charge in [-0.3, -0.25) is 9.78 Å². The highest BCUT2D eigenvalue weighted by atomic mass is 16.1. The Hall–Kier alpha value is -1.18. The van der Waals surface area contributed by atoms with E-state index in [1.807, 2.05) is 19.1 Å². The molecule has 14 heavy (non-hydrogen) atoms. The van der Waals surface area contributed by atoms with Crippen molar-refractivity contribution in [1.82, 2.24) is 4.98 Å². The van der Waals surface area contributed by atoms with Crippen LogP contribution in [-0.2, 0) is 0 Å². The summed E-state index contributed by atoms with van der Waals surface area (Å²) in [6.45, 7) is 4.02. The zero-order valence-corrected chi connectivity index (χ0v) is 8.92. The molecule has 76 valence electrons. The number of unbranched alkanes of at least 4 members (excludes halogenated alkanes) is 2. The third-order valence-corrected chi connectivity index (χ3v) is 2.31. The van der Waals surface area contributed by atoms with Crippen molar-refractivity contribution >= 4 is 5.78 Å². The Morgan fingerprint density at radius 1 is 1.43 bits per heavy atom. The summed E-state index contributed by atoms with van der Waals surface area (Å²) in [4.78, 5) is 15.8. The highest BCUT2D eigenvalue weighted by molar-refractivity contribution is 5.96. The van der Waals surface area contributed by atoms with E-state index in [9.17, 15) is 4.79 Å². The van der Waals surface area contributed by atoms with Crippen LogP contribution in [0, 0.1) is 6.92 Å². The minimum atomic E-state index is 0.226. The number of Topliss-reactive ketones (excluding diaryl/α,β-unsaturated/α-hetero) is 1. The number of carbonyl (C=O) groups is 1. The van der Waals surface area contributed by atoms with Gasteiger partial charge in [0, 0.05) is 23.9 Å². The standard InChI is InChI=1S/C12H17NO/c1-3-4-5-8-12(14)11-7-6-9-13-10(11)2/h6-7,9H,3-5,8H2,1-2H3. The number of nitrogens with zero attached hydrogens (tertiary/aromatic N) is 1. The minimum Gasteiger partial charge on any atom is -0.294 e. The van der Waals surface area contributed by atoms with Crippen LogP contribution in [-0.4, -0.2) is 10.8 Å². The van der Waals surface area contributed by atoms with E-state index in [0.29, 0.717) is 6.42 Å². The van der Waals surface area contributed by atoms with Crippen LogP contribution in [0.5, 0.6) is 0 Å². The second kappa shape index (κ2) is 5.53. The van der Waals surface area contributed by atoms with Gasteiger partial charge >= 0.3 is 0 Å². The molecule has 1 heterocycles. The van der Waals surface area contributed by atoms with E-state index < -0.39 is 0 Å². The smallest absolute Gasteiger partial charge is 0.164 e. The molecule has 1 aromatic rings. The third-order valence-electron chi connectivity index (χ3n) is 2.31. The molecule has 0 spiro atoms. The molecule has 0 saturated carbocycles. The Balaban J connectivity index is 2.56. The van der Waals surface area contributed by atoms with Crippen molar-refractivity contribution in [3.8, 4) is 0 Å². The molecule has 0 bridgehead atoms. The van der Waals surface area contributed by atoms with E-state index in [1.54, 1.807) is 6.20 Å². The largest absolute Gasteiger partial charge is 0.294 e. The van der Waals surface area contributed by atoms with Gasteiger partial charge in [-0.1, -0.05) is 19.8 Å². The Kier molecular flexibility index (Phi) is 4.30. The van der Waals surface area contributed by atoms with Gasteiger partial charge in [0.25, 0.3) is 0 Å². The lowest BCUT2D eigenvalue weighted by atomic mass is 10.0. The molecule has 0 aliphatic heterocycles. The molecule has 0 aromatic carbocycles. The van der Waals surface area contributed by atoms with Crippen LogP contribution in [0.15, 0.2) is 18.3 Å². The highest BCUT2D eigenvalue weighted by Crippen LogP contribution is 2.10. The number of hydrogen-bond donors (Lipinski definition) is 0. The fourth-order valence-corrected chi connectivity index (χ4v) is 1.45. The van der Waals surface area contributed by atoms with Gasteiger partial charge in [-0.15, -0.1) is 0 Å². The van der Waals surface area contributed by atoms with Crippen molar-refractivity contribution in [3.05, 3.63) is 29.6 Å². The van der Waals surface area contributed by atoms with Gasteiger partial charge in [0.15, 0.2) is 5.78 Å². The summed E-state index contributed by atoms with van der Waals surface area (Å²) in [7, 11) is 0. The molecule has 0 radical (unpaired) electrons. The van der Waals surface area contributed by atoms with E-state index in [0.717, 1.165) is 30.5 Å². The first kappa shape index (κ1) is 10.9. The average Bonchev–Trinajstić information content (AvgIpc) is 2.18. The maximum Gasteiger partial charge on any atom is 0.164 e. The van der Waals surface area contributed by atoms with Crippen LogP contribution in [0.25, 0.3) is 0 Å². The lowest BCUT2D eigenvalue weighted by Crippen LogP contribution is -2.02. The number of aryl methyl sites for hydroxylation is 1. The van der Waals surface area contributed by atoms with Crippen LogP contribution in [0.3, 0.4) is 0 Å². The average molecular weight is 191 g/mol. The molecule has 0 fully saturated rings. The summed E-state index contributed by atoms with van der Waals surface area (Å²) in [6.07, 6.45) is 5.65. The minimum absolute atomic E-state index is 0.226. The van der Waals surface area contributed by atoms with Gasteiger partial charge in [-0.25, -0.2) is 0 Å². The van der Waals surface area contributed by atoms with Gasteiger partial charge in [-0.05, 0) is 25.5 Å². The quantitative estimate of drug-likeness (QED) is 0.528. The molecule has 1 aromatic heterocycles. The molecular weight excluding hydrogens is 174 g/mol. The van der Waals surface area contributed by atoms with Gasteiger partial charge in [0.1, 0.15) is 0 Å². The first-order valence-electron chi connectivity index (χ1n) is 5.20. The number of ketones is 1. The molecule has 0 aliphatic rings. The first-order valence-corrected chi connectivity index (χ1v) is 5.20. The second-order valence-corrected chi connectivity index (χ2v) is 3.52. The van der Waals surface area contributed by atoms with Gasteiger partial charge in [0.2, 0.25) is 0 Å². The van der Waals surface area contributed by atoms with E-state index >= 15 is 0 Å². The zero-order valence-electron chi connectivity index (χ0n) is 8.92. The van der Waals surface area contributed by atoms with Crippen LogP contribution in [0.4, 0.5) is 0 Å². The van der Waals surface area contributed by atoms with Crippen molar-refractivity contribution in [2.24, 2.45) is 0 Å². The van der Waals surface area contributed by atoms with Gasteiger partial charge in [-0.2, -0.15) is 0 Å². The summed E-state index contributed by atoms with van der Waals surface area (Å²) >= 11 is 0. The lowest BCUT2D eigenvalue weighted by molar-refractivity contribution is 0.0978.